The second-order valence-corrected chi connectivity index (χ2v) is 5.90. The van der Waals surface area contributed by atoms with Gasteiger partial charge in [0.25, 0.3) is 0 Å². The van der Waals surface area contributed by atoms with E-state index in [1.165, 1.54) is 11.1 Å². The van der Waals surface area contributed by atoms with Crippen molar-refractivity contribution in [3.63, 3.8) is 0 Å². The Morgan fingerprint density at radius 2 is 1.95 bits per heavy atom. The third-order valence-electron chi connectivity index (χ3n) is 3.27. The number of hydrogen-bond acceptors (Lipinski definition) is 3. The van der Waals surface area contributed by atoms with Gasteiger partial charge in [-0.3, -0.25) is 5.84 Å². The summed E-state index contributed by atoms with van der Waals surface area (Å²) in [5, 5.41) is 0. The van der Waals surface area contributed by atoms with Gasteiger partial charge in [-0.15, -0.1) is 0 Å². The highest BCUT2D eigenvalue weighted by atomic mass is 15.2. The van der Waals surface area contributed by atoms with Gasteiger partial charge in [0.2, 0.25) is 0 Å². The van der Waals surface area contributed by atoms with E-state index in [0.29, 0.717) is 0 Å². The van der Waals surface area contributed by atoms with Crippen LogP contribution in [0.5, 0.6) is 0 Å². The summed E-state index contributed by atoms with van der Waals surface area (Å²) in [6.45, 7) is 6.62. The third kappa shape index (κ3) is 2.85. The molecule has 0 bridgehead atoms. The van der Waals surface area contributed by atoms with Crippen LogP contribution in [0.1, 0.15) is 43.6 Å². The molecule has 0 spiro atoms. The summed E-state index contributed by atoms with van der Waals surface area (Å²) >= 11 is 0. The first kappa shape index (κ1) is 13.8. The van der Waals surface area contributed by atoms with Crippen molar-refractivity contribution in [3.8, 4) is 0 Å². The maximum Gasteiger partial charge on any atom is 0.0947 e. The molecule has 3 N–H and O–H groups in total. The number of aryl methyl sites for hydroxylation is 1. The molecule has 19 heavy (non-hydrogen) atoms. The van der Waals surface area contributed by atoms with Crippen molar-refractivity contribution in [1.82, 2.24) is 15.0 Å². The fraction of sp³-hybridized carbons (Fsp3) is 0.400. The molecule has 0 amide bonds. The van der Waals surface area contributed by atoms with E-state index in [0.717, 1.165) is 5.69 Å². The van der Waals surface area contributed by atoms with E-state index in [2.05, 4.69) is 49.4 Å². The van der Waals surface area contributed by atoms with Gasteiger partial charge in [0, 0.05) is 13.2 Å². The van der Waals surface area contributed by atoms with Crippen molar-refractivity contribution in [2.45, 2.75) is 32.2 Å². The highest BCUT2D eigenvalue weighted by molar-refractivity contribution is 5.38. The van der Waals surface area contributed by atoms with Gasteiger partial charge in [-0.1, -0.05) is 45.0 Å². The van der Waals surface area contributed by atoms with Gasteiger partial charge in [0.1, 0.15) is 0 Å². The summed E-state index contributed by atoms with van der Waals surface area (Å²) in [7, 11) is 1.96. The van der Waals surface area contributed by atoms with Crippen molar-refractivity contribution in [2.24, 2.45) is 12.9 Å². The lowest BCUT2D eigenvalue weighted by Gasteiger charge is -2.26. The van der Waals surface area contributed by atoms with Crippen molar-refractivity contribution in [1.29, 1.82) is 0 Å². The summed E-state index contributed by atoms with van der Waals surface area (Å²) in [4.78, 5) is 4.41. The molecule has 1 heterocycles. The SMILES string of the molecule is Cn1cnc(C(NN)c2ccccc2C(C)(C)C)c1. The molecule has 0 saturated carbocycles. The zero-order valence-corrected chi connectivity index (χ0v) is 12.0. The second-order valence-electron chi connectivity index (χ2n) is 5.90. The Kier molecular flexibility index (Phi) is 3.73. The molecule has 1 atom stereocenters. The molecule has 1 aromatic heterocycles. The molecule has 4 heteroatoms. The lowest BCUT2D eigenvalue weighted by atomic mass is 9.81. The van der Waals surface area contributed by atoms with E-state index in [4.69, 9.17) is 5.84 Å². The Hall–Kier alpha value is -1.65. The Labute approximate surface area is 114 Å². The number of hydrazine groups is 1. The Morgan fingerprint density at radius 1 is 1.26 bits per heavy atom. The van der Waals surface area contributed by atoms with Crippen LogP contribution in [-0.2, 0) is 12.5 Å². The highest BCUT2D eigenvalue weighted by Crippen LogP contribution is 2.31. The molecule has 1 unspecified atom stereocenters. The topological polar surface area (TPSA) is 55.9 Å². The molecule has 2 aromatic rings. The number of nitrogens with two attached hydrogens (primary N) is 1. The third-order valence-corrected chi connectivity index (χ3v) is 3.27. The van der Waals surface area contributed by atoms with Gasteiger partial charge in [0.15, 0.2) is 0 Å². The summed E-state index contributed by atoms with van der Waals surface area (Å²) in [6, 6.07) is 8.28. The van der Waals surface area contributed by atoms with Crippen LogP contribution < -0.4 is 11.3 Å². The molecule has 2 rings (SSSR count). The van der Waals surface area contributed by atoms with E-state index < -0.39 is 0 Å². The van der Waals surface area contributed by atoms with Crippen molar-refractivity contribution in [2.75, 3.05) is 0 Å². The van der Waals surface area contributed by atoms with E-state index in [1.54, 1.807) is 6.33 Å². The molecule has 0 fully saturated rings. The number of imidazole rings is 1. The summed E-state index contributed by atoms with van der Waals surface area (Å²) in [5.74, 6) is 5.76. The van der Waals surface area contributed by atoms with E-state index in [9.17, 15) is 0 Å². The van der Waals surface area contributed by atoms with Crippen LogP contribution in [0.3, 0.4) is 0 Å². The lowest BCUT2D eigenvalue weighted by Crippen LogP contribution is -2.31. The van der Waals surface area contributed by atoms with Crippen LogP contribution in [0.2, 0.25) is 0 Å². The minimum atomic E-state index is -0.0865. The summed E-state index contributed by atoms with van der Waals surface area (Å²) < 4.78 is 1.93. The van der Waals surface area contributed by atoms with Gasteiger partial charge in [-0.2, -0.15) is 0 Å². The Bertz CT molecular complexity index is 551. The summed E-state index contributed by atoms with van der Waals surface area (Å²) in [5.41, 5.74) is 6.34. The average molecular weight is 258 g/mol. The molecular weight excluding hydrogens is 236 g/mol. The maximum atomic E-state index is 5.76. The first-order valence-electron chi connectivity index (χ1n) is 6.47. The molecular formula is C15H22N4. The zero-order chi connectivity index (χ0) is 14.0. The van der Waals surface area contributed by atoms with Crippen LogP contribution in [0, 0.1) is 0 Å². The first-order valence-corrected chi connectivity index (χ1v) is 6.47. The zero-order valence-electron chi connectivity index (χ0n) is 12.0. The normalized spacial score (nSPS) is 13.5. The predicted octanol–water partition coefficient (Wildman–Crippen LogP) is 2.27. The molecule has 1 aromatic carbocycles. The van der Waals surface area contributed by atoms with Gasteiger partial charge in [-0.25, -0.2) is 10.4 Å². The van der Waals surface area contributed by atoms with Gasteiger partial charge in [-0.05, 0) is 16.5 Å². The Morgan fingerprint density at radius 3 is 2.47 bits per heavy atom. The minimum absolute atomic E-state index is 0.0699. The van der Waals surface area contributed by atoms with Crippen molar-refractivity contribution >= 4 is 0 Å². The van der Waals surface area contributed by atoms with Crippen LogP contribution in [-0.4, -0.2) is 9.55 Å². The largest absolute Gasteiger partial charge is 0.340 e. The standard InChI is InChI=1S/C15H22N4/c1-15(2,3)12-8-6-5-7-11(12)14(18-16)13-9-19(4)10-17-13/h5-10,14,18H,16H2,1-4H3. The molecule has 0 aliphatic heterocycles. The lowest BCUT2D eigenvalue weighted by molar-refractivity contribution is 0.554. The summed E-state index contributed by atoms with van der Waals surface area (Å²) in [6.07, 6.45) is 3.78. The van der Waals surface area contributed by atoms with Gasteiger partial charge < -0.3 is 4.57 Å². The van der Waals surface area contributed by atoms with E-state index >= 15 is 0 Å². The van der Waals surface area contributed by atoms with Crippen molar-refractivity contribution < 1.29 is 0 Å². The molecule has 102 valence electrons. The number of benzene rings is 1. The molecule has 4 nitrogen and oxygen atoms in total. The molecule has 0 aliphatic rings. The van der Waals surface area contributed by atoms with Crippen LogP contribution in [0.25, 0.3) is 0 Å². The minimum Gasteiger partial charge on any atom is -0.340 e. The van der Waals surface area contributed by atoms with Crippen molar-refractivity contribution in [3.05, 3.63) is 53.6 Å². The molecule has 0 aliphatic carbocycles. The van der Waals surface area contributed by atoms with Gasteiger partial charge in [0.05, 0.1) is 18.1 Å². The van der Waals surface area contributed by atoms with E-state index in [-0.39, 0.29) is 11.5 Å². The second kappa shape index (κ2) is 5.15. The molecule has 0 saturated heterocycles. The highest BCUT2D eigenvalue weighted by Gasteiger charge is 2.24. The fourth-order valence-corrected chi connectivity index (χ4v) is 2.35. The predicted molar refractivity (Wildman–Crippen MR) is 77.5 cm³/mol. The molecule has 0 radical (unpaired) electrons. The number of nitrogens with zero attached hydrogens (tertiary/aromatic N) is 2. The van der Waals surface area contributed by atoms with Gasteiger partial charge >= 0.3 is 0 Å². The maximum absolute atomic E-state index is 5.76. The number of nitrogens with one attached hydrogen (secondary N) is 1. The van der Waals surface area contributed by atoms with Crippen LogP contribution >= 0.6 is 0 Å². The first-order chi connectivity index (χ1) is 8.93. The monoisotopic (exact) mass is 258 g/mol. The number of rotatable bonds is 3. The fourth-order valence-electron chi connectivity index (χ4n) is 2.35. The van der Waals surface area contributed by atoms with Crippen LogP contribution in [0.4, 0.5) is 0 Å². The number of aromatic nitrogens is 2. The average Bonchev–Trinajstić information content (AvgIpc) is 2.76. The smallest absolute Gasteiger partial charge is 0.0947 e. The van der Waals surface area contributed by atoms with Crippen LogP contribution in [0.15, 0.2) is 36.8 Å². The number of hydrogen-bond donors (Lipinski definition) is 2. The Balaban J connectivity index is 2.50. The quantitative estimate of drug-likeness (QED) is 0.656. The van der Waals surface area contributed by atoms with E-state index in [1.807, 2.05) is 23.9 Å².